The van der Waals surface area contributed by atoms with Crippen molar-refractivity contribution in [3.8, 4) is 11.1 Å². The summed E-state index contributed by atoms with van der Waals surface area (Å²) in [6, 6.07) is 8.03. The molecular weight excluding hydrogens is 288 g/mol. The number of hydrogen-bond donors (Lipinski definition) is 0. The minimum atomic E-state index is -0.154. The molecule has 1 heterocycles. The molecule has 16 heavy (non-hydrogen) atoms. The third-order valence-electron chi connectivity index (χ3n) is 2.21. The van der Waals surface area contributed by atoms with Crippen molar-refractivity contribution in [2.75, 3.05) is 0 Å². The fourth-order valence-corrected chi connectivity index (χ4v) is 1.71. The van der Waals surface area contributed by atoms with Crippen molar-refractivity contribution in [3.05, 3.63) is 47.0 Å². The second kappa shape index (κ2) is 4.93. The maximum atomic E-state index is 5.89. The summed E-state index contributed by atoms with van der Waals surface area (Å²) in [6.45, 7) is 1.86. The fourth-order valence-electron chi connectivity index (χ4n) is 1.33. The van der Waals surface area contributed by atoms with Gasteiger partial charge in [-0.15, -0.1) is 11.6 Å². The van der Waals surface area contributed by atoms with Crippen LogP contribution in [0.2, 0.25) is 0 Å². The van der Waals surface area contributed by atoms with Gasteiger partial charge < -0.3 is 0 Å². The molecule has 0 amide bonds. The molecule has 1 atom stereocenters. The molecule has 0 aliphatic carbocycles. The van der Waals surface area contributed by atoms with Gasteiger partial charge in [0.05, 0.1) is 5.38 Å². The number of alkyl halides is 1. The van der Waals surface area contributed by atoms with Crippen LogP contribution in [0.4, 0.5) is 0 Å². The summed E-state index contributed by atoms with van der Waals surface area (Å²) in [6.07, 6.45) is 3.59. The Hall–Kier alpha value is -0.930. The topological polar surface area (TPSA) is 25.8 Å². The molecule has 0 aliphatic rings. The summed E-state index contributed by atoms with van der Waals surface area (Å²) >= 11 is 9.29. The van der Waals surface area contributed by atoms with E-state index in [0.29, 0.717) is 5.82 Å². The average molecular weight is 298 g/mol. The van der Waals surface area contributed by atoms with Crippen molar-refractivity contribution in [2.45, 2.75) is 12.3 Å². The monoisotopic (exact) mass is 296 g/mol. The molecule has 0 saturated heterocycles. The van der Waals surface area contributed by atoms with Crippen LogP contribution in [0.3, 0.4) is 0 Å². The SMILES string of the molecule is CC(Cl)c1ncc(-c2ccc(Br)cc2)cn1. The van der Waals surface area contributed by atoms with Crippen molar-refractivity contribution in [2.24, 2.45) is 0 Å². The largest absolute Gasteiger partial charge is 0.239 e. The third kappa shape index (κ3) is 2.60. The van der Waals surface area contributed by atoms with E-state index in [1.165, 1.54) is 0 Å². The van der Waals surface area contributed by atoms with Crippen LogP contribution in [-0.2, 0) is 0 Å². The van der Waals surface area contributed by atoms with E-state index in [1.54, 1.807) is 12.4 Å². The Morgan fingerprint density at radius 1 is 1.06 bits per heavy atom. The zero-order valence-corrected chi connectivity index (χ0v) is 11.0. The Balaban J connectivity index is 2.31. The summed E-state index contributed by atoms with van der Waals surface area (Å²) < 4.78 is 1.06. The molecule has 2 rings (SSSR count). The highest BCUT2D eigenvalue weighted by molar-refractivity contribution is 9.10. The molecule has 0 aliphatic heterocycles. The Morgan fingerprint density at radius 3 is 2.12 bits per heavy atom. The van der Waals surface area contributed by atoms with Crippen molar-refractivity contribution < 1.29 is 0 Å². The van der Waals surface area contributed by atoms with E-state index in [1.807, 2.05) is 31.2 Å². The lowest BCUT2D eigenvalue weighted by Crippen LogP contribution is -1.94. The number of benzene rings is 1. The van der Waals surface area contributed by atoms with Gasteiger partial charge in [-0.05, 0) is 24.6 Å². The van der Waals surface area contributed by atoms with Crippen LogP contribution in [0.15, 0.2) is 41.1 Å². The van der Waals surface area contributed by atoms with Crippen LogP contribution < -0.4 is 0 Å². The smallest absolute Gasteiger partial charge is 0.145 e. The van der Waals surface area contributed by atoms with Gasteiger partial charge in [0.25, 0.3) is 0 Å². The lowest BCUT2D eigenvalue weighted by Gasteiger charge is -2.04. The maximum absolute atomic E-state index is 5.89. The van der Waals surface area contributed by atoms with Gasteiger partial charge in [0.2, 0.25) is 0 Å². The lowest BCUT2D eigenvalue weighted by molar-refractivity contribution is 0.911. The van der Waals surface area contributed by atoms with Crippen LogP contribution in [0.5, 0.6) is 0 Å². The van der Waals surface area contributed by atoms with Gasteiger partial charge in [0, 0.05) is 22.4 Å². The number of halogens is 2. The highest BCUT2D eigenvalue weighted by atomic mass is 79.9. The van der Waals surface area contributed by atoms with Gasteiger partial charge in [0.15, 0.2) is 0 Å². The second-order valence-corrected chi connectivity index (χ2v) is 5.02. The van der Waals surface area contributed by atoms with E-state index < -0.39 is 0 Å². The molecule has 0 spiro atoms. The van der Waals surface area contributed by atoms with Crippen LogP contribution in [-0.4, -0.2) is 9.97 Å². The predicted octanol–water partition coefficient (Wildman–Crippen LogP) is 4.21. The van der Waals surface area contributed by atoms with E-state index in [-0.39, 0.29) is 5.38 Å². The first kappa shape index (κ1) is 11.6. The van der Waals surface area contributed by atoms with Crippen LogP contribution in [0, 0.1) is 0 Å². The van der Waals surface area contributed by atoms with Gasteiger partial charge in [-0.25, -0.2) is 9.97 Å². The molecule has 4 heteroatoms. The minimum Gasteiger partial charge on any atom is -0.239 e. The lowest BCUT2D eigenvalue weighted by atomic mass is 10.1. The van der Waals surface area contributed by atoms with Crippen molar-refractivity contribution in [1.82, 2.24) is 9.97 Å². The normalized spacial score (nSPS) is 12.4. The van der Waals surface area contributed by atoms with E-state index in [2.05, 4.69) is 25.9 Å². The number of aromatic nitrogens is 2. The average Bonchev–Trinajstić information content (AvgIpc) is 2.30. The standard InChI is InChI=1S/C12H10BrClN2/c1-8(14)12-15-6-10(7-16-12)9-2-4-11(13)5-3-9/h2-8H,1H3. The quantitative estimate of drug-likeness (QED) is 0.776. The van der Waals surface area contributed by atoms with Gasteiger partial charge >= 0.3 is 0 Å². The summed E-state index contributed by atoms with van der Waals surface area (Å²) in [5.41, 5.74) is 2.09. The zero-order valence-electron chi connectivity index (χ0n) is 8.69. The summed E-state index contributed by atoms with van der Waals surface area (Å²) in [5.74, 6) is 0.655. The van der Waals surface area contributed by atoms with E-state index in [0.717, 1.165) is 15.6 Å². The van der Waals surface area contributed by atoms with E-state index in [9.17, 15) is 0 Å². The highest BCUT2D eigenvalue weighted by Gasteiger charge is 2.05. The Bertz CT molecular complexity index is 465. The van der Waals surface area contributed by atoms with Crippen LogP contribution in [0.1, 0.15) is 18.1 Å². The molecular formula is C12H10BrClN2. The molecule has 0 fully saturated rings. The molecule has 0 radical (unpaired) electrons. The number of hydrogen-bond acceptors (Lipinski definition) is 2. The van der Waals surface area contributed by atoms with Crippen LogP contribution in [0.25, 0.3) is 11.1 Å². The van der Waals surface area contributed by atoms with Gasteiger partial charge in [0.1, 0.15) is 5.82 Å². The highest BCUT2D eigenvalue weighted by Crippen LogP contribution is 2.22. The van der Waals surface area contributed by atoms with Gasteiger partial charge in [-0.2, -0.15) is 0 Å². The van der Waals surface area contributed by atoms with Gasteiger partial charge in [-0.3, -0.25) is 0 Å². The van der Waals surface area contributed by atoms with Crippen molar-refractivity contribution in [1.29, 1.82) is 0 Å². The van der Waals surface area contributed by atoms with E-state index >= 15 is 0 Å². The first-order valence-electron chi connectivity index (χ1n) is 4.89. The molecule has 1 aromatic heterocycles. The predicted molar refractivity (Wildman–Crippen MR) is 69.4 cm³/mol. The first-order chi connectivity index (χ1) is 7.66. The fraction of sp³-hybridized carbons (Fsp3) is 0.167. The molecule has 82 valence electrons. The number of rotatable bonds is 2. The van der Waals surface area contributed by atoms with Gasteiger partial charge in [-0.1, -0.05) is 28.1 Å². The summed E-state index contributed by atoms with van der Waals surface area (Å²) in [7, 11) is 0. The molecule has 0 bridgehead atoms. The zero-order chi connectivity index (χ0) is 11.5. The Kier molecular flexibility index (Phi) is 3.56. The van der Waals surface area contributed by atoms with Crippen LogP contribution >= 0.6 is 27.5 Å². The van der Waals surface area contributed by atoms with E-state index in [4.69, 9.17) is 11.6 Å². The summed E-state index contributed by atoms with van der Waals surface area (Å²) in [4.78, 5) is 8.44. The molecule has 1 aromatic carbocycles. The minimum absolute atomic E-state index is 0.154. The second-order valence-electron chi connectivity index (χ2n) is 3.45. The molecule has 0 saturated carbocycles. The maximum Gasteiger partial charge on any atom is 0.145 e. The molecule has 2 aromatic rings. The first-order valence-corrected chi connectivity index (χ1v) is 6.11. The Morgan fingerprint density at radius 2 is 1.62 bits per heavy atom. The molecule has 2 nitrogen and oxygen atoms in total. The van der Waals surface area contributed by atoms with Crippen molar-refractivity contribution >= 4 is 27.5 Å². The summed E-state index contributed by atoms with van der Waals surface area (Å²) in [5, 5.41) is -0.154. The third-order valence-corrected chi connectivity index (χ3v) is 2.93. The molecule has 1 unspecified atom stereocenters. The molecule has 0 N–H and O–H groups in total. The number of nitrogens with zero attached hydrogens (tertiary/aromatic N) is 2. The Labute approximate surface area is 108 Å². The van der Waals surface area contributed by atoms with Crippen molar-refractivity contribution in [3.63, 3.8) is 0 Å².